The monoisotopic (exact) mass is 229 g/mol. The predicted molar refractivity (Wildman–Crippen MR) is 67.3 cm³/mol. The summed E-state index contributed by atoms with van der Waals surface area (Å²) in [5.74, 6) is -0.819. The third-order valence-corrected chi connectivity index (χ3v) is 2.95. The Kier molecular flexibility index (Phi) is 2.84. The molecule has 0 bridgehead atoms. The Morgan fingerprint density at radius 2 is 2.06 bits per heavy atom. The van der Waals surface area contributed by atoms with Crippen LogP contribution in [0.25, 0.3) is 0 Å². The van der Waals surface area contributed by atoms with Crippen molar-refractivity contribution in [3.05, 3.63) is 41.5 Å². The Morgan fingerprint density at radius 3 is 2.71 bits per heavy atom. The second-order valence-electron chi connectivity index (χ2n) is 4.46. The Morgan fingerprint density at radius 1 is 1.35 bits per heavy atom. The fraction of sp³-hybridized carbons (Fsp3) is 0.286. The highest BCUT2D eigenvalue weighted by Crippen LogP contribution is 2.32. The molecule has 1 aliphatic heterocycles. The van der Waals surface area contributed by atoms with E-state index in [1.54, 1.807) is 11.0 Å². The highest BCUT2D eigenvalue weighted by molar-refractivity contribution is 6.52. The number of aryl methyl sites for hydroxylation is 1. The lowest BCUT2D eigenvalue weighted by molar-refractivity contribution is -0.114. The van der Waals surface area contributed by atoms with Gasteiger partial charge in [-0.25, -0.2) is 0 Å². The maximum atomic E-state index is 11.9. The number of carbonyl (C=O) groups is 2. The third kappa shape index (κ3) is 1.88. The fourth-order valence-electron chi connectivity index (χ4n) is 2.06. The molecule has 88 valence electrons. The molecule has 0 saturated heterocycles. The number of amides is 1. The summed E-state index contributed by atoms with van der Waals surface area (Å²) in [4.78, 5) is 25.2. The quantitative estimate of drug-likeness (QED) is 0.590. The van der Waals surface area contributed by atoms with E-state index in [1.807, 2.05) is 26.0 Å². The molecule has 3 heteroatoms. The van der Waals surface area contributed by atoms with E-state index in [1.165, 1.54) is 0 Å². The van der Waals surface area contributed by atoms with Gasteiger partial charge in [0, 0.05) is 6.54 Å². The van der Waals surface area contributed by atoms with Gasteiger partial charge in [-0.15, -0.1) is 6.58 Å². The van der Waals surface area contributed by atoms with Crippen molar-refractivity contribution in [2.75, 3.05) is 11.4 Å². The summed E-state index contributed by atoms with van der Waals surface area (Å²) < 4.78 is 0. The molecule has 0 aliphatic carbocycles. The molecule has 0 fully saturated rings. The minimum atomic E-state index is -0.421. The highest BCUT2D eigenvalue weighted by Gasteiger charge is 2.36. The van der Waals surface area contributed by atoms with Crippen molar-refractivity contribution in [3.8, 4) is 0 Å². The number of Topliss-reactive ketones (excluding diaryl/α,β-unsaturated/α-hetero) is 1. The maximum absolute atomic E-state index is 11.9. The molecule has 1 aromatic rings. The average Bonchev–Trinajstić information content (AvgIpc) is 2.52. The van der Waals surface area contributed by atoms with Crippen LogP contribution in [0.3, 0.4) is 0 Å². The van der Waals surface area contributed by atoms with Gasteiger partial charge in [0.2, 0.25) is 0 Å². The first kappa shape index (κ1) is 11.6. The van der Waals surface area contributed by atoms with Gasteiger partial charge in [0.15, 0.2) is 0 Å². The van der Waals surface area contributed by atoms with Crippen LogP contribution in [0.15, 0.2) is 30.4 Å². The number of benzene rings is 1. The van der Waals surface area contributed by atoms with Gasteiger partial charge in [0.05, 0.1) is 11.3 Å². The SMILES string of the molecule is C=C(C)CCN1C(=O)C(=O)c2cccc(C)c21. The van der Waals surface area contributed by atoms with Crippen LogP contribution in [0.5, 0.6) is 0 Å². The number of hydrogen-bond donors (Lipinski definition) is 0. The van der Waals surface area contributed by atoms with Gasteiger partial charge < -0.3 is 4.90 Å². The normalized spacial score (nSPS) is 14.1. The highest BCUT2D eigenvalue weighted by atomic mass is 16.2. The summed E-state index contributed by atoms with van der Waals surface area (Å²) in [5, 5.41) is 0. The van der Waals surface area contributed by atoms with Crippen LogP contribution in [0.4, 0.5) is 5.69 Å². The molecule has 3 nitrogen and oxygen atoms in total. The number of fused-ring (bicyclic) bond motifs is 1. The lowest BCUT2D eigenvalue weighted by Gasteiger charge is -2.18. The van der Waals surface area contributed by atoms with Gasteiger partial charge in [-0.05, 0) is 31.9 Å². The molecular weight excluding hydrogens is 214 g/mol. The maximum Gasteiger partial charge on any atom is 0.299 e. The summed E-state index contributed by atoms with van der Waals surface area (Å²) in [6, 6.07) is 5.43. The minimum absolute atomic E-state index is 0.398. The van der Waals surface area contributed by atoms with Gasteiger partial charge in [0.25, 0.3) is 11.7 Å². The van der Waals surface area contributed by atoms with Crippen molar-refractivity contribution >= 4 is 17.4 Å². The van der Waals surface area contributed by atoms with E-state index in [0.29, 0.717) is 18.5 Å². The third-order valence-electron chi connectivity index (χ3n) is 2.95. The Labute approximate surface area is 101 Å². The lowest BCUT2D eigenvalue weighted by Crippen LogP contribution is -2.31. The summed E-state index contributed by atoms with van der Waals surface area (Å²) in [6.45, 7) is 8.17. The smallest absolute Gasteiger partial charge is 0.299 e. The standard InChI is InChI=1S/C14H15NO2/c1-9(2)7-8-15-12-10(3)5-4-6-11(12)13(16)14(15)17/h4-6H,1,7-8H2,2-3H3. The molecule has 0 radical (unpaired) electrons. The lowest BCUT2D eigenvalue weighted by atomic mass is 10.1. The second-order valence-corrected chi connectivity index (χ2v) is 4.46. The zero-order valence-electron chi connectivity index (χ0n) is 10.1. The van der Waals surface area contributed by atoms with Crippen molar-refractivity contribution in [3.63, 3.8) is 0 Å². The fourth-order valence-corrected chi connectivity index (χ4v) is 2.06. The van der Waals surface area contributed by atoms with Crippen LogP contribution in [0.1, 0.15) is 29.3 Å². The molecule has 1 aliphatic rings. The van der Waals surface area contributed by atoms with Gasteiger partial charge in [0.1, 0.15) is 0 Å². The van der Waals surface area contributed by atoms with E-state index in [0.717, 1.165) is 16.8 Å². The van der Waals surface area contributed by atoms with Crippen LogP contribution in [0.2, 0.25) is 0 Å². The summed E-state index contributed by atoms with van der Waals surface area (Å²) >= 11 is 0. The molecule has 0 saturated carbocycles. The Hall–Kier alpha value is -1.90. The first-order valence-corrected chi connectivity index (χ1v) is 5.62. The van der Waals surface area contributed by atoms with Crippen LogP contribution < -0.4 is 4.90 Å². The van der Waals surface area contributed by atoms with Crippen molar-refractivity contribution in [1.82, 2.24) is 0 Å². The minimum Gasteiger partial charge on any atom is -0.304 e. The zero-order valence-corrected chi connectivity index (χ0v) is 10.1. The summed E-state index contributed by atoms with van der Waals surface area (Å²) in [5.41, 5.74) is 3.26. The number of hydrogen-bond acceptors (Lipinski definition) is 2. The number of nitrogens with zero attached hydrogens (tertiary/aromatic N) is 1. The van der Waals surface area contributed by atoms with E-state index >= 15 is 0 Å². The molecule has 0 spiro atoms. The number of carbonyl (C=O) groups excluding carboxylic acids is 2. The molecule has 17 heavy (non-hydrogen) atoms. The molecular formula is C14H15NO2. The van der Waals surface area contributed by atoms with E-state index in [2.05, 4.69) is 6.58 Å². The summed E-state index contributed by atoms with van der Waals surface area (Å²) in [6.07, 6.45) is 0.715. The number of para-hydroxylation sites is 1. The zero-order chi connectivity index (χ0) is 12.6. The molecule has 1 heterocycles. The van der Waals surface area contributed by atoms with Gasteiger partial charge >= 0.3 is 0 Å². The van der Waals surface area contributed by atoms with E-state index < -0.39 is 11.7 Å². The molecule has 1 amide bonds. The van der Waals surface area contributed by atoms with E-state index in [4.69, 9.17) is 0 Å². The first-order chi connectivity index (χ1) is 8.02. The largest absolute Gasteiger partial charge is 0.304 e. The number of anilines is 1. The van der Waals surface area contributed by atoms with Gasteiger partial charge in [-0.3, -0.25) is 9.59 Å². The van der Waals surface area contributed by atoms with Crippen molar-refractivity contribution in [2.45, 2.75) is 20.3 Å². The van der Waals surface area contributed by atoms with Crippen LogP contribution >= 0.6 is 0 Å². The Bertz CT molecular complexity index is 517. The van der Waals surface area contributed by atoms with Crippen molar-refractivity contribution in [2.24, 2.45) is 0 Å². The van der Waals surface area contributed by atoms with E-state index in [-0.39, 0.29) is 0 Å². The summed E-state index contributed by atoms with van der Waals surface area (Å²) in [7, 11) is 0. The van der Waals surface area contributed by atoms with Crippen LogP contribution in [-0.4, -0.2) is 18.2 Å². The first-order valence-electron chi connectivity index (χ1n) is 5.62. The van der Waals surface area contributed by atoms with Crippen molar-refractivity contribution in [1.29, 1.82) is 0 Å². The topological polar surface area (TPSA) is 37.4 Å². The second kappa shape index (κ2) is 4.17. The number of rotatable bonds is 3. The molecule has 2 rings (SSSR count). The van der Waals surface area contributed by atoms with Gasteiger partial charge in [-0.1, -0.05) is 17.7 Å². The number of ketones is 1. The molecule has 0 N–H and O–H groups in total. The van der Waals surface area contributed by atoms with E-state index in [9.17, 15) is 9.59 Å². The average molecular weight is 229 g/mol. The molecule has 0 atom stereocenters. The predicted octanol–water partition coefficient (Wildman–Crippen LogP) is 2.49. The van der Waals surface area contributed by atoms with Crippen LogP contribution in [0, 0.1) is 6.92 Å². The Balaban J connectivity index is 2.40. The molecule has 0 unspecified atom stereocenters. The molecule has 0 aromatic heterocycles. The van der Waals surface area contributed by atoms with Crippen molar-refractivity contribution < 1.29 is 9.59 Å². The van der Waals surface area contributed by atoms with Gasteiger partial charge in [-0.2, -0.15) is 0 Å². The van der Waals surface area contributed by atoms with Crippen LogP contribution in [-0.2, 0) is 4.79 Å². The molecule has 1 aromatic carbocycles.